The van der Waals surface area contributed by atoms with Gasteiger partial charge in [0.25, 0.3) is 0 Å². The Morgan fingerprint density at radius 2 is 1.93 bits per heavy atom. The lowest BCUT2D eigenvalue weighted by Gasteiger charge is -2.34. The lowest BCUT2D eigenvalue weighted by molar-refractivity contribution is -0.121. The maximum Gasteiger partial charge on any atom is 0.341 e. The first-order valence-electron chi connectivity index (χ1n) is 9.01. The van der Waals surface area contributed by atoms with E-state index in [1.54, 1.807) is 6.07 Å². The number of methoxy groups -OCH3 is 1. The predicted molar refractivity (Wildman–Crippen MR) is 111 cm³/mol. The number of halogens is 1. The van der Waals surface area contributed by atoms with Gasteiger partial charge in [-0.15, -0.1) is 11.3 Å². The molecule has 1 aliphatic heterocycles. The molecule has 1 fully saturated rings. The van der Waals surface area contributed by atoms with Crippen molar-refractivity contribution in [2.75, 3.05) is 32.1 Å². The highest BCUT2D eigenvalue weighted by atomic mass is 35.5. The number of esters is 1. The second kappa shape index (κ2) is 9.05. The van der Waals surface area contributed by atoms with Gasteiger partial charge in [0.05, 0.1) is 25.9 Å². The maximum absolute atomic E-state index is 12.6. The Morgan fingerprint density at radius 1 is 1.25 bits per heavy atom. The van der Waals surface area contributed by atoms with Crippen LogP contribution in [0.2, 0.25) is 5.02 Å². The van der Waals surface area contributed by atoms with Gasteiger partial charge in [0.1, 0.15) is 10.6 Å². The second-order valence-corrected chi connectivity index (χ2v) is 8.11. The number of morpholine rings is 1. The fourth-order valence-electron chi connectivity index (χ4n) is 3.42. The van der Waals surface area contributed by atoms with E-state index in [9.17, 15) is 9.59 Å². The molecular weight excluding hydrogens is 400 g/mol. The molecule has 3 rings (SSSR count). The van der Waals surface area contributed by atoms with E-state index < -0.39 is 5.97 Å². The van der Waals surface area contributed by atoms with Crippen LogP contribution in [0.1, 0.15) is 24.2 Å². The maximum atomic E-state index is 12.6. The zero-order valence-corrected chi connectivity index (χ0v) is 17.6. The summed E-state index contributed by atoms with van der Waals surface area (Å²) in [6, 6.07) is 7.26. The van der Waals surface area contributed by atoms with Gasteiger partial charge in [-0.3, -0.25) is 9.69 Å². The number of ether oxygens (including phenoxy) is 2. The molecule has 2 heterocycles. The molecule has 0 spiro atoms. The summed E-state index contributed by atoms with van der Waals surface area (Å²) in [5.74, 6) is -0.695. The van der Waals surface area contributed by atoms with E-state index in [1.165, 1.54) is 18.4 Å². The molecule has 1 N–H and O–H groups in total. The van der Waals surface area contributed by atoms with Gasteiger partial charge in [-0.2, -0.15) is 0 Å². The van der Waals surface area contributed by atoms with Gasteiger partial charge in [-0.05, 0) is 19.9 Å². The van der Waals surface area contributed by atoms with Crippen molar-refractivity contribution < 1.29 is 19.1 Å². The summed E-state index contributed by atoms with van der Waals surface area (Å²) in [7, 11) is 1.32. The highest BCUT2D eigenvalue weighted by molar-refractivity contribution is 7.15. The van der Waals surface area contributed by atoms with Crippen LogP contribution in [0.3, 0.4) is 0 Å². The molecule has 8 heteroatoms. The number of hydrogen-bond donors (Lipinski definition) is 1. The molecular formula is C20H23ClN2O4S. The van der Waals surface area contributed by atoms with Crippen LogP contribution in [0.15, 0.2) is 29.6 Å². The molecule has 1 aromatic heterocycles. The summed E-state index contributed by atoms with van der Waals surface area (Å²) in [6.07, 6.45) is 0.159. The molecule has 2 atom stereocenters. The fourth-order valence-corrected chi connectivity index (χ4v) is 4.62. The molecule has 1 aliphatic rings. The van der Waals surface area contributed by atoms with E-state index in [2.05, 4.69) is 10.2 Å². The van der Waals surface area contributed by atoms with Crippen LogP contribution >= 0.6 is 22.9 Å². The van der Waals surface area contributed by atoms with E-state index in [-0.39, 0.29) is 24.7 Å². The van der Waals surface area contributed by atoms with Crippen LogP contribution in [-0.2, 0) is 14.3 Å². The number of benzene rings is 1. The number of anilines is 1. The summed E-state index contributed by atoms with van der Waals surface area (Å²) in [6.45, 7) is 5.60. The number of nitrogens with one attached hydrogen (secondary N) is 1. The molecule has 28 heavy (non-hydrogen) atoms. The van der Waals surface area contributed by atoms with Crippen molar-refractivity contribution in [3.05, 3.63) is 40.2 Å². The van der Waals surface area contributed by atoms with Crippen LogP contribution in [0.5, 0.6) is 0 Å². The summed E-state index contributed by atoms with van der Waals surface area (Å²) in [5.41, 5.74) is 1.68. The minimum atomic E-state index is -0.514. The Bertz CT molecular complexity index is 860. The van der Waals surface area contributed by atoms with Crippen LogP contribution < -0.4 is 5.32 Å². The third-order valence-corrected chi connectivity index (χ3v) is 5.69. The quantitative estimate of drug-likeness (QED) is 0.740. The Balaban J connectivity index is 1.81. The number of hydrogen-bond acceptors (Lipinski definition) is 6. The van der Waals surface area contributed by atoms with Gasteiger partial charge in [-0.1, -0.05) is 29.8 Å². The van der Waals surface area contributed by atoms with Crippen molar-refractivity contribution in [2.24, 2.45) is 0 Å². The van der Waals surface area contributed by atoms with Crippen LogP contribution in [0.4, 0.5) is 5.00 Å². The Kier molecular flexibility index (Phi) is 6.72. The Morgan fingerprint density at radius 3 is 2.57 bits per heavy atom. The standard InChI is InChI=1S/C20H23ClN2O4S/c1-12-8-23(9-13(2)27-12)10-17(24)22-19-18(20(25)26-3)15(11-28-19)14-6-4-5-7-16(14)21/h4-7,11-13H,8-10H2,1-3H3,(H,22,24)/t12-,13-/m0/s1. The van der Waals surface area contributed by atoms with Crippen molar-refractivity contribution in [1.29, 1.82) is 0 Å². The lowest BCUT2D eigenvalue weighted by atomic mass is 10.0. The van der Waals surface area contributed by atoms with E-state index in [0.717, 1.165) is 5.56 Å². The second-order valence-electron chi connectivity index (χ2n) is 6.82. The lowest BCUT2D eigenvalue weighted by Crippen LogP contribution is -2.48. The van der Waals surface area contributed by atoms with Crippen LogP contribution in [0.25, 0.3) is 11.1 Å². The minimum absolute atomic E-state index is 0.0794. The fraction of sp³-hybridized carbons (Fsp3) is 0.400. The normalized spacial score (nSPS) is 20.0. The van der Waals surface area contributed by atoms with Crippen LogP contribution in [-0.4, -0.2) is 55.7 Å². The first-order valence-corrected chi connectivity index (χ1v) is 10.3. The average molecular weight is 423 g/mol. The highest BCUT2D eigenvalue weighted by Crippen LogP contribution is 2.39. The predicted octanol–water partition coefficient (Wildman–Crippen LogP) is 3.90. The van der Waals surface area contributed by atoms with Crippen molar-refractivity contribution in [2.45, 2.75) is 26.1 Å². The number of carbonyl (C=O) groups excluding carboxylic acids is 2. The molecule has 1 aromatic carbocycles. The molecule has 0 bridgehead atoms. The molecule has 0 saturated carbocycles. The van der Waals surface area contributed by atoms with Gasteiger partial charge in [0.15, 0.2) is 0 Å². The smallest absolute Gasteiger partial charge is 0.341 e. The largest absolute Gasteiger partial charge is 0.465 e. The van der Waals surface area contributed by atoms with Gasteiger partial charge >= 0.3 is 5.97 Å². The number of rotatable bonds is 5. The van der Waals surface area contributed by atoms with Gasteiger partial charge in [0, 0.05) is 34.6 Å². The summed E-state index contributed by atoms with van der Waals surface area (Å²) < 4.78 is 10.6. The highest BCUT2D eigenvalue weighted by Gasteiger charge is 2.26. The molecule has 150 valence electrons. The Hall–Kier alpha value is -1.93. The first kappa shape index (κ1) is 20.8. The van der Waals surface area contributed by atoms with Crippen LogP contribution in [0, 0.1) is 0 Å². The zero-order valence-electron chi connectivity index (χ0n) is 16.0. The number of amides is 1. The van der Waals surface area contributed by atoms with Crippen molar-refractivity contribution in [1.82, 2.24) is 4.90 Å². The SMILES string of the molecule is COC(=O)c1c(-c2ccccc2Cl)csc1NC(=O)CN1C[C@H](C)O[C@@H](C)C1. The number of carbonyl (C=O) groups is 2. The molecule has 1 amide bonds. The topological polar surface area (TPSA) is 67.9 Å². The number of thiophene rings is 1. The molecule has 6 nitrogen and oxygen atoms in total. The number of nitrogens with zero attached hydrogens (tertiary/aromatic N) is 1. The van der Waals surface area contributed by atoms with Crippen molar-refractivity contribution >= 4 is 39.8 Å². The molecule has 2 aromatic rings. The third kappa shape index (κ3) is 4.72. The van der Waals surface area contributed by atoms with E-state index in [0.29, 0.717) is 34.2 Å². The van der Waals surface area contributed by atoms with Gasteiger partial charge < -0.3 is 14.8 Å². The molecule has 1 saturated heterocycles. The molecule has 0 radical (unpaired) electrons. The van der Waals surface area contributed by atoms with Gasteiger partial charge in [0.2, 0.25) is 5.91 Å². The average Bonchev–Trinajstić information content (AvgIpc) is 3.03. The zero-order chi connectivity index (χ0) is 20.3. The molecule has 0 aliphatic carbocycles. The van der Waals surface area contributed by atoms with Crippen molar-refractivity contribution in [3.8, 4) is 11.1 Å². The third-order valence-electron chi connectivity index (χ3n) is 4.46. The van der Waals surface area contributed by atoms with E-state index in [4.69, 9.17) is 21.1 Å². The first-order chi connectivity index (χ1) is 13.4. The summed E-state index contributed by atoms with van der Waals surface area (Å²) >= 11 is 7.58. The molecule has 0 unspecified atom stereocenters. The monoisotopic (exact) mass is 422 g/mol. The minimum Gasteiger partial charge on any atom is -0.465 e. The van der Waals surface area contributed by atoms with Gasteiger partial charge in [-0.25, -0.2) is 4.79 Å². The summed E-state index contributed by atoms with van der Waals surface area (Å²) in [4.78, 5) is 27.1. The summed E-state index contributed by atoms with van der Waals surface area (Å²) in [5, 5.41) is 5.66. The van der Waals surface area contributed by atoms with E-state index in [1.807, 2.05) is 37.4 Å². The van der Waals surface area contributed by atoms with E-state index >= 15 is 0 Å². The Labute approximate surface area is 173 Å². The van der Waals surface area contributed by atoms with Crippen molar-refractivity contribution in [3.63, 3.8) is 0 Å².